The highest BCUT2D eigenvalue weighted by molar-refractivity contribution is 6.02. The lowest BCUT2D eigenvalue weighted by molar-refractivity contribution is -0.111. The molecule has 1 amide bonds. The molecule has 0 saturated carbocycles. The van der Waals surface area contributed by atoms with E-state index in [0.717, 1.165) is 22.6 Å². The Kier molecular flexibility index (Phi) is 4.56. The molecule has 0 spiro atoms. The van der Waals surface area contributed by atoms with Gasteiger partial charge in [-0.05, 0) is 42.3 Å². The van der Waals surface area contributed by atoms with E-state index in [1.165, 1.54) is 6.08 Å². The van der Waals surface area contributed by atoms with Gasteiger partial charge >= 0.3 is 0 Å². The summed E-state index contributed by atoms with van der Waals surface area (Å²) >= 11 is 0. The minimum Gasteiger partial charge on any atom is -0.497 e. The van der Waals surface area contributed by atoms with E-state index in [1.807, 2.05) is 55.5 Å². The van der Waals surface area contributed by atoms with Crippen LogP contribution in [0.25, 0.3) is 6.08 Å². The molecular weight excluding hydrogens is 250 g/mol. The lowest BCUT2D eigenvalue weighted by atomic mass is 10.2. The summed E-state index contributed by atoms with van der Waals surface area (Å²) in [5.41, 5.74) is 2.74. The van der Waals surface area contributed by atoms with E-state index >= 15 is 0 Å². The molecule has 2 rings (SSSR count). The molecule has 0 atom stereocenters. The van der Waals surface area contributed by atoms with Crippen molar-refractivity contribution in [1.29, 1.82) is 0 Å². The Morgan fingerprint density at radius 2 is 1.90 bits per heavy atom. The van der Waals surface area contributed by atoms with E-state index in [0.29, 0.717) is 0 Å². The number of ether oxygens (including phenoxy) is 1. The van der Waals surface area contributed by atoms with Crippen molar-refractivity contribution in [2.75, 3.05) is 12.4 Å². The molecule has 0 bridgehead atoms. The number of hydrogen-bond donors (Lipinski definition) is 1. The minimum absolute atomic E-state index is 0.151. The van der Waals surface area contributed by atoms with Crippen molar-refractivity contribution < 1.29 is 9.53 Å². The molecule has 0 heterocycles. The summed E-state index contributed by atoms with van der Waals surface area (Å²) in [6.07, 6.45) is 3.31. The van der Waals surface area contributed by atoms with Crippen LogP contribution in [0.5, 0.6) is 5.75 Å². The Balaban J connectivity index is 2.03. The molecule has 0 saturated heterocycles. The summed E-state index contributed by atoms with van der Waals surface area (Å²) in [6, 6.07) is 15.3. The van der Waals surface area contributed by atoms with Crippen LogP contribution in [0.15, 0.2) is 54.6 Å². The maximum Gasteiger partial charge on any atom is 0.248 e. The van der Waals surface area contributed by atoms with Crippen LogP contribution >= 0.6 is 0 Å². The minimum atomic E-state index is -0.151. The van der Waals surface area contributed by atoms with Crippen LogP contribution in [0.1, 0.15) is 11.1 Å². The third-order valence-electron chi connectivity index (χ3n) is 2.92. The fraction of sp³-hybridized carbons (Fsp3) is 0.118. The van der Waals surface area contributed by atoms with E-state index in [-0.39, 0.29) is 5.91 Å². The monoisotopic (exact) mass is 267 g/mol. The number of nitrogens with one attached hydrogen (secondary N) is 1. The molecule has 0 radical (unpaired) electrons. The van der Waals surface area contributed by atoms with Gasteiger partial charge in [-0.1, -0.05) is 30.3 Å². The number of rotatable bonds is 4. The third kappa shape index (κ3) is 3.72. The summed E-state index contributed by atoms with van der Waals surface area (Å²) < 4.78 is 5.13. The lowest BCUT2D eigenvalue weighted by Gasteiger charge is -2.08. The largest absolute Gasteiger partial charge is 0.497 e. The second kappa shape index (κ2) is 6.57. The molecule has 2 aromatic rings. The summed E-state index contributed by atoms with van der Waals surface area (Å²) in [6.45, 7) is 1.93. The standard InChI is InChI=1S/C17H17NO2/c1-13-12-15(20-2)9-10-16(13)18-17(19)11-8-14-6-4-3-5-7-14/h3-12H,1-2H3,(H,18,19)/b11-8+. The van der Waals surface area contributed by atoms with Crippen molar-refractivity contribution in [2.24, 2.45) is 0 Å². The van der Waals surface area contributed by atoms with Gasteiger partial charge in [0.15, 0.2) is 0 Å². The first-order chi connectivity index (χ1) is 9.69. The topological polar surface area (TPSA) is 38.3 Å². The number of methoxy groups -OCH3 is 1. The average Bonchev–Trinajstić information content (AvgIpc) is 2.48. The lowest BCUT2D eigenvalue weighted by Crippen LogP contribution is -2.08. The molecule has 0 aliphatic heterocycles. The molecular formula is C17H17NO2. The van der Waals surface area contributed by atoms with Crippen LogP contribution in [0.3, 0.4) is 0 Å². The molecule has 0 aliphatic carbocycles. The molecule has 20 heavy (non-hydrogen) atoms. The van der Waals surface area contributed by atoms with E-state index in [2.05, 4.69) is 5.32 Å². The van der Waals surface area contributed by atoms with Gasteiger partial charge in [0.2, 0.25) is 5.91 Å². The van der Waals surface area contributed by atoms with Gasteiger partial charge < -0.3 is 10.1 Å². The van der Waals surface area contributed by atoms with Gasteiger partial charge in [0.05, 0.1) is 7.11 Å². The number of aryl methyl sites for hydroxylation is 1. The van der Waals surface area contributed by atoms with Gasteiger partial charge in [-0.3, -0.25) is 4.79 Å². The van der Waals surface area contributed by atoms with E-state index in [9.17, 15) is 4.79 Å². The zero-order valence-electron chi connectivity index (χ0n) is 11.6. The van der Waals surface area contributed by atoms with Crippen molar-refractivity contribution >= 4 is 17.7 Å². The van der Waals surface area contributed by atoms with Crippen molar-refractivity contribution in [2.45, 2.75) is 6.92 Å². The van der Waals surface area contributed by atoms with Crippen molar-refractivity contribution in [3.05, 3.63) is 65.7 Å². The highest BCUT2D eigenvalue weighted by Gasteiger charge is 2.02. The highest BCUT2D eigenvalue weighted by atomic mass is 16.5. The predicted molar refractivity (Wildman–Crippen MR) is 81.8 cm³/mol. The quantitative estimate of drug-likeness (QED) is 0.859. The molecule has 0 unspecified atom stereocenters. The highest BCUT2D eigenvalue weighted by Crippen LogP contribution is 2.20. The number of carbonyl (C=O) groups excluding carboxylic acids is 1. The number of anilines is 1. The van der Waals surface area contributed by atoms with Crippen LogP contribution in [-0.4, -0.2) is 13.0 Å². The van der Waals surface area contributed by atoms with E-state index < -0.39 is 0 Å². The van der Waals surface area contributed by atoms with E-state index in [4.69, 9.17) is 4.74 Å². The maximum absolute atomic E-state index is 11.9. The van der Waals surface area contributed by atoms with Crippen LogP contribution in [0, 0.1) is 6.92 Å². The number of benzene rings is 2. The van der Waals surface area contributed by atoms with Gasteiger partial charge in [-0.2, -0.15) is 0 Å². The number of amides is 1. The van der Waals surface area contributed by atoms with Gasteiger partial charge in [0.1, 0.15) is 5.75 Å². The van der Waals surface area contributed by atoms with Gasteiger partial charge in [0, 0.05) is 11.8 Å². The van der Waals surface area contributed by atoms with Crippen LogP contribution in [-0.2, 0) is 4.79 Å². The van der Waals surface area contributed by atoms with Crippen molar-refractivity contribution in [1.82, 2.24) is 0 Å². The first kappa shape index (κ1) is 13.9. The fourth-order valence-corrected chi connectivity index (χ4v) is 1.81. The first-order valence-corrected chi connectivity index (χ1v) is 6.38. The normalized spacial score (nSPS) is 10.5. The summed E-state index contributed by atoms with van der Waals surface area (Å²) in [5, 5.41) is 2.85. The van der Waals surface area contributed by atoms with Gasteiger partial charge in [-0.25, -0.2) is 0 Å². The molecule has 2 aromatic carbocycles. The second-order valence-corrected chi connectivity index (χ2v) is 4.41. The van der Waals surface area contributed by atoms with Gasteiger partial charge in [0.25, 0.3) is 0 Å². The van der Waals surface area contributed by atoms with Crippen LogP contribution < -0.4 is 10.1 Å². The first-order valence-electron chi connectivity index (χ1n) is 6.38. The molecule has 3 heteroatoms. The molecule has 0 fully saturated rings. The Hall–Kier alpha value is -2.55. The molecule has 3 nitrogen and oxygen atoms in total. The fourth-order valence-electron chi connectivity index (χ4n) is 1.81. The molecule has 0 aromatic heterocycles. The Morgan fingerprint density at radius 3 is 2.55 bits per heavy atom. The summed E-state index contributed by atoms with van der Waals surface area (Å²) in [4.78, 5) is 11.9. The zero-order chi connectivity index (χ0) is 14.4. The van der Waals surface area contributed by atoms with Crippen molar-refractivity contribution in [3.63, 3.8) is 0 Å². The van der Waals surface area contributed by atoms with Gasteiger partial charge in [-0.15, -0.1) is 0 Å². The van der Waals surface area contributed by atoms with Crippen LogP contribution in [0.2, 0.25) is 0 Å². The SMILES string of the molecule is COc1ccc(NC(=O)/C=C/c2ccccc2)c(C)c1. The number of carbonyl (C=O) groups is 1. The van der Waals surface area contributed by atoms with E-state index in [1.54, 1.807) is 13.2 Å². The Morgan fingerprint density at radius 1 is 1.15 bits per heavy atom. The smallest absolute Gasteiger partial charge is 0.248 e. The predicted octanol–water partition coefficient (Wildman–Crippen LogP) is 3.66. The average molecular weight is 267 g/mol. The third-order valence-corrected chi connectivity index (χ3v) is 2.92. The molecule has 102 valence electrons. The van der Waals surface area contributed by atoms with Crippen LogP contribution in [0.4, 0.5) is 5.69 Å². The zero-order valence-corrected chi connectivity index (χ0v) is 11.6. The Labute approximate surface area is 118 Å². The molecule has 1 N–H and O–H groups in total. The summed E-state index contributed by atoms with van der Waals surface area (Å²) in [5.74, 6) is 0.627. The van der Waals surface area contributed by atoms with Crippen molar-refractivity contribution in [3.8, 4) is 5.75 Å². The number of hydrogen-bond acceptors (Lipinski definition) is 2. The Bertz CT molecular complexity index is 618. The molecule has 0 aliphatic rings. The maximum atomic E-state index is 11.9. The summed E-state index contributed by atoms with van der Waals surface area (Å²) in [7, 11) is 1.62. The second-order valence-electron chi connectivity index (χ2n) is 4.41.